The molecule has 0 aliphatic rings. The van der Waals surface area contributed by atoms with Gasteiger partial charge in [0.15, 0.2) is 17.8 Å². The summed E-state index contributed by atoms with van der Waals surface area (Å²) in [6.45, 7) is 1.26. The van der Waals surface area contributed by atoms with E-state index in [1.807, 2.05) is 18.2 Å². The fourth-order valence-corrected chi connectivity index (χ4v) is 1.75. The predicted octanol–water partition coefficient (Wildman–Crippen LogP) is 0.650. The Bertz CT molecular complexity index is 519. The summed E-state index contributed by atoms with van der Waals surface area (Å²) in [5.41, 5.74) is 0. The van der Waals surface area contributed by atoms with E-state index in [1.165, 1.54) is 6.33 Å². The van der Waals surface area contributed by atoms with Crippen molar-refractivity contribution >= 4 is 0 Å². The number of methoxy groups -OCH3 is 1. The zero-order valence-corrected chi connectivity index (χ0v) is 11.9. The van der Waals surface area contributed by atoms with E-state index in [1.54, 1.807) is 13.2 Å². The van der Waals surface area contributed by atoms with Crippen LogP contribution in [0.1, 0.15) is 5.89 Å². The monoisotopic (exact) mass is 293 g/mol. The number of nitrogens with one attached hydrogen (secondary N) is 1. The molecule has 1 atom stereocenters. The third kappa shape index (κ3) is 5.05. The second kappa shape index (κ2) is 8.23. The molecule has 0 saturated heterocycles. The van der Waals surface area contributed by atoms with Crippen LogP contribution >= 0.6 is 0 Å². The molecule has 2 rings (SSSR count). The number of hydrogen-bond donors (Lipinski definition) is 2. The predicted molar refractivity (Wildman–Crippen MR) is 75.4 cm³/mol. The van der Waals surface area contributed by atoms with Crippen LogP contribution in [0.2, 0.25) is 0 Å². The van der Waals surface area contributed by atoms with Crippen LogP contribution in [0.25, 0.3) is 0 Å². The second-order valence-electron chi connectivity index (χ2n) is 4.40. The molecule has 0 saturated carbocycles. The molecule has 1 heterocycles. The lowest BCUT2D eigenvalue weighted by Crippen LogP contribution is -2.32. The van der Waals surface area contributed by atoms with Crippen LogP contribution in [0.5, 0.6) is 11.5 Å². The van der Waals surface area contributed by atoms with Crippen LogP contribution in [0.3, 0.4) is 0 Å². The third-order valence-electron chi connectivity index (χ3n) is 2.80. The first-order valence-electron chi connectivity index (χ1n) is 6.69. The number of aliphatic hydroxyl groups excluding tert-OH is 1. The van der Waals surface area contributed by atoms with Crippen molar-refractivity contribution in [2.24, 2.45) is 0 Å². The van der Waals surface area contributed by atoms with Gasteiger partial charge in [0.25, 0.3) is 0 Å². The van der Waals surface area contributed by atoms with E-state index >= 15 is 0 Å². The van der Waals surface area contributed by atoms with E-state index in [2.05, 4.69) is 15.5 Å². The summed E-state index contributed by atoms with van der Waals surface area (Å²) in [5, 5.41) is 16.5. The zero-order chi connectivity index (χ0) is 14.9. The third-order valence-corrected chi connectivity index (χ3v) is 2.80. The molecule has 0 amide bonds. The average Bonchev–Trinajstić information content (AvgIpc) is 3.03. The minimum absolute atomic E-state index is 0.188. The van der Waals surface area contributed by atoms with E-state index in [0.29, 0.717) is 36.9 Å². The number of para-hydroxylation sites is 2. The number of nitrogens with zero attached hydrogens (tertiary/aromatic N) is 2. The molecular formula is C14H19N3O4. The van der Waals surface area contributed by atoms with Crippen molar-refractivity contribution in [3.63, 3.8) is 0 Å². The van der Waals surface area contributed by atoms with Crippen LogP contribution in [0, 0.1) is 0 Å². The van der Waals surface area contributed by atoms with Crippen LogP contribution in [-0.2, 0) is 6.42 Å². The van der Waals surface area contributed by atoms with Gasteiger partial charge in [-0.2, -0.15) is 4.98 Å². The molecule has 0 bridgehead atoms. The normalized spacial score (nSPS) is 12.1. The van der Waals surface area contributed by atoms with Crippen molar-refractivity contribution in [3.05, 3.63) is 36.5 Å². The van der Waals surface area contributed by atoms with Crippen LogP contribution < -0.4 is 14.8 Å². The van der Waals surface area contributed by atoms with Gasteiger partial charge in [0, 0.05) is 19.5 Å². The van der Waals surface area contributed by atoms with Crippen molar-refractivity contribution in [2.45, 2.75) is 12.5 Å². The Hall–Kier alpha value is -2.12. The molecule has 114 valence electrons. The van der Waals surface area contributed by atoms with E-state index in [4.69, 9.17) is 14.0 Å². The Kier molecular flexibility index (Phi) is 5.99. The molecule has 2 aromatic rings. The van der Waals surface area contributed by atoms with E-state index in [9.17, 15) is 5.11 Å². The van der Waals surface area contributed by atoms with Gasteiger partial charge in [0.2, 0.25) is 5.89 Å². The molecule has 2 N–H and O–H groups in total. The van der Waals surface area contributed by atoms with Crippen molar-refractivity contribution in [2.75, 3.05) is 26.8 Å². The highest BCUT2D eigenvalue weighted by molar-refractivity contribution is 5.39. The van der Waals surface area contributed by atoms with Gasteiger partial charge in [-0.15, -0.1) is 0 Å². The molecule has 1 unspecified atom stereocenters. The summed E-state index contributed by atoms with van der Waals surface area (Å²) >= 11 is 0. The van der Waals surface area contributed by atoms with Crippen molar-refractivity contribution in [3.8, 4) is 11.5 Å². The molecule has 7 nitrogen and oxygen atoms in total. The molecule has 0 aliphatic carbocycles. The lowest BCUT2D eigenvalue weighted by Gasteiger charge is -2.14. The zero-order valence-electron chi connectivity index (χ0n) is 11.9. The van der Waals surface area contributed by atoms with E-state index in [0.717, 1.165) is 0 Å². The Labute approximate surface area is 122 Å². The van der Waals surface area contributed by atoms with Gasteiger partial charge in [0.1, 0.15) is 12.7 Å². The molecular weight excluding hydrogens is 274 g/mol. The Balaban J connectivity index is 1.64. The summed E-state index contributed by atoms with van der Waals surface area (Å²) in [6.07, 6.45) is 1.38. The van der Waals surface area contributed by atoms with Crippen LogP contribution in [0.4, 0.5) is 0 Å². The maximum absolute atomic E-state index is 9.85. The first-order valence-corrected chi connectivity index (χ1v) is 6.69. The van der Waals surface area contributed by atoms with E-state index < -0.39 is 6.10 Å². The summed E-state index contributed by atoms with van der Waals surface area (Å²) in [6, 6.07) is 7.33. The molecule has 1 aromatic heterocycles. The lowest BCUT2D eigenvalue weighted by atomic mass is 10.3. The molecule has 7 heteroatoms. The number of benzene rings is 1. The Morgan fingerprint density at radius 1 is 1.33 bits per heavy atom. The lowest BCUT2D eigenvalue weighted by molar-refractivity contribution is 0.105. The summed E-state index contributed by atoms with van der Waals surface area (Å²) in [7, 11) is 1.58. The summed E-state index contributed by atoms with van der Waals surface area (Å²) in [4.78, 5) is 3.91. The standard InChI is InChI=1S/C14H19N3O4/c1-19-12-4-2-3-5-13(12)20-9-11(18)8-15-7-6-14-16-10-17-21-14/h2-5,10-11,15,18H,6-9H2,1H3. The molecule has 0 fully saturated rings. The van der Waals surface area contributed by atoms with Gasteiger partial charge in [-0.05, 0) is 12.1 Å². The van der Waals surface area contributed by atoms with Gasteiger partial charge in [-0.1, -0.05) is 17.3 Å². The van der Waals surface area contributed by atoms with Gasteiger partial charge in [-0.3, -0.25) is 0 Å². The van der Waals surface area contributed by atoms with Crippen molar-refractivity contribution < 1.29 is 19.1 Å². The first-order chi connectivity index (χ1) is 10.3. The SMILES string of the molecule is COc1ccccc1OCC(O)CNCCc1ncno1. The highest BCUT2D eigenvalue weighted by atomic mass is 16.5. The smallest absolute Gasteiger partial charge is 0.227 e. The number of ether oxygens (including phenoxy) is 2. The molecule has 1 aromatic carbocycles. The van der Waals surface area contributed by atoms with Crippen LogP contribution in [0.15, 0.2) is 35.1 Å². The van der Waals surface area contributed by atoms with Crippen molar-refractivity contribution in [1.29, 1.82) is 0 Å². The number of hydrogen-bond acceptors (Lipinski definition) is 7. The molecule has 0 aliphatic heterocycles. The maximum Gasteiger partial charge on any atom is 0.227 e. The largest absolute Gasteiger partial charge is 0.493 e. The minimum Gasteiger partial charge on any atom is -0.493 e. The highest BCUT2D eigenvalue weighted by Crippen LogP contribution is 2.25. The number of aromatic nitrogens is 2. The minimum atomic E-state index is -0.613. The second-order valence-corrected chi connectivity index (χ2v) is 4.40. The fourth-order valence-electron chi connectivity index (χ4n) is 1.75. The first kappa shape index (κ1) is 15.3. The topological polar surface area (TPSA) is 89.6 Å². The highest BCUT2D eigenvalue weighted by Gasteiger charge is 2.08. The molecule has 0 spiro atoms. The van der Waals surface area contributed by atoms with Crippen LogP contribution in [-0.4, -0.2) is 48.2 Å². The number of rotatable bonds is 9. The van der Waals surface area contributed by atoms with Gasteiger partial charge < -0.3 is 24.4 Å². The van der Waals surface area contributed by atoms with E-state index in [-0.39, 0.29) is 6.61 Å². The molecule has 21 heavy (non-hydrogen) atoms. The summed E-state index contributed by atoms with van der Waals surface area (Å²) < 4.78 is 15.6. The molecule has 0 radical (unpaired) electrons. The van der Waals surface area contributed by atoms with Gasteiger partial charge in [0.05, 0.1) is 7.11 Å². The fraction of sp³-hybridized carbons (Fsp3) is 0.429. The Morgan fingerprint density at radius 3 is 2.86 bits per heavy atom. The summed E-state index contributed by atoms with van der Waals surface area (Å²) in [5.74, 6) is 1.83. The van der Waals surface area contributed by atoms with Crippen molar-refractivity contribution in [1.82, 2.24) is 15.5 Å². The van der Waals surface area contributed by atoms with Gasteiger partial charge in [-0.25, -0.2) is 0 Å². The Morgan fingerprint density at radius 2 is 2.14 bits per heavy atom. The van der Waals surface area contributed by atoms with Gasteiger partial charge >= 0.3 is 0 Å². The quantitative estimate of drug-likeness (QED) is 0.656. The maximum atomic E-state index is 9.85. The average molecular weight is 293 g/mol. The number of aliphatic hydroxyl groups is 1.